The Morgan fingerprint density at radius 1 is 1.47 bits per heavy atom. The third-order valence-electron chi connectivity index (χ3n) is 3.42. The Balaban J connectivity index is 1.98. The quantitative estimate of drug-likeness (QED) is 0.856. The highest BCUT2D eigenvalue weighted by Gasteiger charge is 2.14. The predicted molar refractivity (Wildman–Crippen MR) is 78.2 cm³/mol. The maximum absolute atomic E-state index is 5.67. The van der Waals surface area contributed by atoms with Gasteiger partial charge in [0, 0.05) is 19.6 Å². The molecule has 0 saturated carbocycles. The first-order valence-electron chi connectivity index (χ1n) is 6.95. The summed E-state index contributed by atoms with van der Waals surface area (Å²) in [5.74, 6) is 1.41. The van der Waals surface area contributed by atoms with Gasteiger partial charge in [0.15, 0.2) is 0 Å². The van der Waals surface area contributed by atoms with E-state index in [1.165, 1.54) is 5.56 Å². The number of anilines is 1. The molecule has 1 atom stereocenters. The fourth-order valence-corrected chi connectivity index (χ4v) is 2.19. The molecular weight excluding hydrogens is 240 g/mol. The van der Waals surface area contributed by atoms with Gasteiger partial charge in [-0.25, -0.2) is 0 Å². The normalized spacial score (nSPS) is 19.5. The van der Waals surface area contributed by atoms with E-state index >= 15 is 0 Å². The molecule has 1 unspecified atom stereocenters. The lowest BCUT2D eigenvalue weighted by Gasteiger charge is -2.24. The minimum absolute atomic E-state index is 0.225. The number of hydrogen-bond acceptors (Lipinski definition) is 4. The molecule has 106 valence electrons. The highest BCUT2D eigenvalue weighted by molar-refractivity contribution is 5.58. The Morgan fingerprint density at radius 2 is 2.32 bits per heavy atom. The van der Waals surface area contributed by atoms with Gasteiger partial charge in [-0.3, -0.25) is 0 Å². The first kappa shape index (κ1) is 14.2. The third-order valence-corrected chi connectivity index (χ3v) is 3.42. The summed E-state index contributed by atoms with van der Waals surface area (Å²) in [6.45, 7) is 7.80. The van der Waals surface area contributed by atoms with Gasteiger partial charge in [-0.1, -0.05) is 19.9 Å². The summed E-state index contributed by atoms with van der Waals surface area (Å²) in [5, 5.41) is 6.74. The van der Waals surface area contributed by atoms with Crippen LogP contribution in [0.1, 0.15) is 25.3 Å². The predicted octanol–water partition coefficient (Wildman–Crippen LogP) is 2.22. The summed E-state index contributed by atoms with van der Waals surface area (Å²) >= 11 is 0. The molecule has 1 aliphatic rings. The Hall–Kier alpha value is -1.26. The fourth-order valence-electron chi connectivity index (χ4n) is 2.19. The molecule has 1 heterocycles. The molecule has 2 N–H and O–H groups in total. The minimum Gasteiger partial charge on any atom is -0.495 e. The van der Waals surface area contributed by atoms with Crippen molar-refractivity contribution in [3.8, 4) is 5.75 Å². The second-order valence-corrected chi connectivity index (χ2v) is 5.19. The van der Waals surface area contributed by atoms with Gasteiger partial charge in [0.05, 0.1) is 25.5 Å². The second kappa shape index (κ2) is 6.78. The summed E-state index contributed by atoms with van der Waals surface area (Å²) in [6, 6.07) is 6.34. The molecular formula is C15H24N2O2. The van der Waals surface area contributed by atoms with Crippen LogP contribution in [-0.4, -0.2) is 39.5 Å². The van der Waals surface area contributed by atoms with Gasteiger partial charge < -0.3 is 20.1 Å². The molecule has 0 bridgehead atoms. The number of methoxy groups -OCH3 is 1. The summed E-state index contributed by atoms with van der Waals surface area (Å²) in [7, 11) is 1.71. The van der Waals surface area contributed by atoms with Crippen LogP contribution in [-0.2, 0) is 4.74 Å². The van der Waals surface area contributed by atoms with Crippen molar-refractivity contribution in [2.75, 3.05) is 38.7 Å². The summed E-state index contributed by atoms with van der Waals surface area (Å²) in [6.07, 6.45) is 0.225. The monoisotopic (exact) mass is 264 g/mol. The Labute approximate surface area is 115 Å². The molecule has 0 aliphatic carbocycles. The average molecular weight is 264 g/mol. The lowest BCUT2D eigenvalue weighted by molar-refractivity contribution is 0.0372. The zero-order chi connectivity index (χ0) is 13.7. The SMILES string of the molecule is COc1cc(C(C)C)ccc1NCC1CNCCO1. The lowest BCUT2D eigenvalue weighted by atomic mass is 10.0. The molecule has 1 aromatic carbocycles. The van der Waals surface area contributed by atoms with Crippen LogP contribution in [0.3, 0.4) is 0 Å². The Kier molecular flexibility index (Phi) is 5.05. The molecule has 0 spiro atoms. The highest BCUT2D eigenvalue weighted by Crippen LogP contribution is 2.28. The van der Waals surface area contributed by atoms with Gasteiger partial charge >= 0.3 is 0 Å². The first-order valence-corrected chi connectivity index (χ1v) is 6.95. The molecule has 1 saturated heterocycles. The van der Waals surface area contributed by atoms with Gasteiger partial charge in [-0.05, 0) is 23.6 Å². The van der Waals surface area contributed by atoms with Crippen LogP contribution in [0.4, 0.5) is 5.69 Å². The summed E-state index contributed by atoms with van der Waals surface area (Å²) < 4.78 is 11.1. The van der Waals surface area contributed by atoms with Crippen molar-refractivity contribution in [1.82, 2.24) is 5.32 Å². The number of morpholine rings is 1. The van der Waals surface area contributed by atoms with E-state index in [1.54, 1.807) is 7.11 Å². The van der Waals surface area contributed by atoms with E-state index in [0.29, 0.717) is 5.92 Å². The van der Waals surface area contributed by atoms with Crippen LogP contribution in [0.25, 0.3) is 0 Å². The number of benzene rings is 1. The molecule has 0 radical (unpaired) electrons. The molecule has 19 heavy (non-hydrogen) atoms. The van der Waals surface area contributed by atoms with Crippen LogP contribution >= 0.6 is 0 Å². The minimum atomic E-state index is 0.225. The number of hydrogen-bond donors (Lipinski definition) is 2. The van der Waals surface area contributed by atoms with E-state index in [2.05, 4.69) is 42.7 Å². The molecule has 1 aromatic rings. The van der Waals surface area contributed by atoms with Crippen molar-refractivity contribution in [3.63, 3.8) is 0 Å². The molecule has 0 amide bonds. The van der Waals surface area contributed by atoms with Crippen molar-refractivity contribution in [1.29, 1.82) is 0 Å². The Morgan fingerprint density at radius 3 is 2.95 bits per heavy atom. The molecule has 1 fully saturated rings. The zero-order valence-corrected chi connectivity index (χ0v) is 12.0. The van der Waals surface area contributed by atoms with Crippen LogP contribution in [0.5, 0.6) is 5.75 Å². The second-order valence-electron chi connectivity index (χ2n) is 5.19. The molecule has 4 nitrogen and oxygen atoms in total. The average Bonchev–Trinajstić information content (AvgIpc) is 2.45. The molecule has 2 rings (SSSR count). The van der Waals surface area contributed by atoms with Gasteiger partial charge in [0.1, 0.15) is 5.75 Å². The van der Waals surface area contributed by atoms with E-state index in [9.17, 15) is 0 Å². The zero-order valence-electron chi connectivity index (χ0n) is 12.0. The smallest absolute Gasteiger partial charge is 0.142 e. The summed E-state index contributed by atoms with van der Waals surface area (Å²) in [5.41, 5.74) is 2.32. The molecule has 4 heteroatoms. The van der Waals surface area contributed by atoms with Gasteiger partial charge in [0.25, 0.3) is 0 Å². The fraction of sp³-hybridized carbons (Fsp3) is 0.600. The van der Waals surface area contributed by atoms with Crippen molar-refractivity contribution in [3.05, 3.63) is 23.8 Å². The van der Waals surface area contributed by atoms with Crippen molar-refractivity contribution < 1.29 is 9.47 Å². The van der Waals surface area contributed by atoms with E-state index in [4.69, 9.17) is 9.47 Å². The van der Waals surface area contributed by atoms with Gasteiger partial charge in [-0.2, -0.15) is 0 Å². The van der Waals surface area contributed by atoms with Crippen molar-refractivity contribution in [2.24, 2.45) is 0 Å². The maximum atomic E-state index is 5.67. The first-order chi connectivity index (χ1) is 9.20. The van der Waals surface area contributed by atoms with Crippen molar-refractivity contribution in [2.45, 2.75) is 25.9 Å². The van der Waals surface area contributed by atoms with Crippen LogP contribution in [0.15, 0.2) is 18.2 Å². The van der Waals surface area contributed by atoms with Gasteiger partial charge in [0.2, 0.25) is 0 Å². The topological polar surface area (TPSA) is 42.5 Å². The Bertz CT molecular complexity index is 401. The lowest BCUT2D eigenvalue weighted by Crippen LogP contribution is -2.42. The van der Waals surface area contributed by atoms with E-state index < -0.39 is 0 Å². The molecule has 1 aliphatic heterocycles. The summed E-state index contributed by atoms with van der Waals surface area (Å²) in [4.78, 5) is 0. The van der Waals surface area contributed by atoms with E-state index in [1.807, 2.05) is 0 Å². The highest BCUT2D eigenvalue weighted by atomic mass is 16.5. The maximum Gasteiger partial charge on any atom is 0.142 e. The van der Waals surface area contributed by atoms with E-state index in [-0.39, 0.29) is 6.10 Å². The largest absolute Gasteiger partial charge is 0.495 e. The number of rotatable bonds is 5. The standard InChI is InChI=1S/C15H24N2O2/c1-11(2)12-4-5-14(15(8-12)18-3)17-10-13-9-16-6-7-19-13/h4-5,8,11,13,16-17H,6-7,9-10H2,1-3H3. The van der Waals surface area contributed by atoms with E-state index in [0.717, 1.165) is 37.7 Å². The van der Waals surface area contributed by atoms with Crippen LogP contribution in [0.2, 0.25) is 0 Å². The van der Waals surface area contributed by atoms with Crippen LogP contribution < -0.4 is 15.4 Å². The number of nitrogens with one attached hydrogen (secondary N) is 2. The van der Waals surface area contributed by atoms with Crippen LogP contribution in [0, 0.1) is 0 Å². The van der Waals surface area contributed by atoms with Crippen molar-refractivity contribution >= 4 is 5.69 Å². The van der Waals surface area contributed by atoms with Gasteiger partial charge in [-0.15, -0.1) is 0 Å². The third kappa shape index (κ3) is 3.85. The number of ether oxygens (including phenoxy) is 2. The molecule has 0 aromatic heterocycles.